The lowest BCUT2D eigenvalue weighted by atomic mass is 9.97. The minimum absolute atomic E-state index is 0.288. The van der Waals surface area contributed by atoms with E-state index in [9.17, 15) is 4.79 Å². The van der Waals surface area contributed by atoms with Crippen molar-refractivity contribution in [3.05, 3.63) is 77.4 Å². The Balaban J connectivity index is 2.32. The first-order valence-electron chi connectivity index (χ1n) is 5.67. The summed E-state index contributed by atoms with van der Waals surface area (Å²) >= 11 is 0. The van der Waals surface area contributed by atoms with Crippen LogP contribution in [0.25, 0.3) is 5.57 Å². The highest BCUT2D eigenvalue weighted by atomic mass is 16.4. The van der Waals surface area contributed by atoms with Gasteiger partial charge in [0, 0.05) is 0 Å². The first-order valence-corrected chi connectivity index (χ1v) is 5.67. The van der Waals surface area contributed by atoms with Crippen LogP contribution in [0.4, 0.5) is 0 Å². The molecule has 0 heterocycles. The molecule has 2 heteroatoms. The Morgan fingerprint density at radius 2 is 1.61 bits per heavy atom. The van der Waals surface area contributed by atoms with Crippen molar-refractivity contribution in [1.82, 2.24) is 0 Å². The maximum Gasteiger partial charge on any atom is 0.335 e. The Morgan fingerprint density at radius 1 is 1.00 bits per heavy atom. The summed E-state index contributed by atoms with van der Waals surface area (Å²) in [6.45, 7) is 6.10. The number of hydrogen-bond acceptors (Lipinski definition) is 1. The number of carboxylic acids is 1. The van der Waals surface area contributed by atoms with Crippen molar-refractivity contribution in [2.75, 3.05) is 0 Å². The molecule has 2 rings (SSSR count). The summed E-state index contributed by atoms with van der Waals surface area (Å²) in [6, 6.07) is 14.8. The van der Waals surface area contributed by atoms with Crippen molar-refractivity contribution < 1.29 is 9.90 Å². The van der Waals surface area contributed by atoms with Crippen LogP contribution in [0.5, 0.6) is 0 Å². The fourth-order valence-electron chi connectivity index (χ4n) is 1.81. The molecule has 0 saturated heterocycles. The van der Waals surface area contributed by atoms with Crippen molar-refractivity contribution in [3.8, 4) is 0 Å². The van der Waals surface area contributed by atoms with E-state index in [0.717, 1.165) is 16.7 Å². The summed E-state index contributed by atoms with van der Waals surface area (Å²) in [7, 11) is 0. The van der Waals surface area contributed by atoms with Gasteiger partial charge in [-0.25, -0.2) is 4.79 Å². The number of aryl methyl sites for hydroxylation is 1. The van der Waals surface area contributed by atoms with Crippen molar-refractivity contribution in [3.63, 3.8) is 0 Å². The minimum atomic E-state index is -0.914. The normalized spacial score (nSPS) is 10.1. The molecule has 0 amide bonds. The predicted molar refractivity (Wildman–Crippen MR) is 72.7 cm³/mol. The Bertz CT molecular complexity index is 595. The van der Waals surface area contributed by atoms with E-state index in [1.54, 1.807) is 24.3 Å². The maximum absolute atomic E-state index is 10.8. The van der Waals surface area contributed by atoms with Gasteiger partial charge >= 0.3 is 5.97 Å². The van der Waals surface area contributed by atoms with Gasteiger partial charge in [-0.1, -0.05) is 48.5 Å². The molecule has 0 radical (unpaired) electrons. The van der Waals surface area contributed by atoms with Crippen LogP contribution in [0.2, 0.25) is 0 Å². The average Bonchev–Trinajstić information content (AvgIpc) is 2.38. The number of benzene rings is 2. The van der Waals surface area contributed by atoms with E-state index in [2.05, 4.69) is 12.6 Å². The lowest BCUT2D eigenvalue weighted by Crippen LogP contribution is -1.96. The van der Waals surface area contributed by atoms with E-state index in [1.165, 1.54) is 5.56 Å². The molecule has 0 spiro atoms. The monoisotopic (exact) mass is 238 g/mol. The Morgan fingerprint density at radius 3 is 2.17 bits per heavy atom. The molecule has 2 aromatic carbocycles. The van der Waals surface area contributed by atoms with Gasteiger partial charge in [-0.15, -0.1) is 0 Å². The molecule has 0 aromatic heterocycles. The molecular weight excluding hydrogens is 224 g/mol. The molecule has 0 aliphatic heterocycles. The summed E-state index contributed by atoms with van der Waals surface area (Å²) < 4.78 is 0. The third-order valence-corrected chi connectivity index (χ3v) is 2.85. The van der Waals surface area contributed by atoms with Crippen molar-refractivity contribution in [2.45, 2.75) is 6.92 Å². The van der Waals surface area contributed by atoms with E-state index in [-0.39, 0.29) is 5.56 Å². The molecule has 0 saturated carbocycles. The first kappa shape index (κ1) is 12.1. The zero-order chi connectivity index (χ0) is 13.1. The van der Waals surface area contributed by atoms with Gasteiger partial charge in [0.2, 0.25) is 0 Å². The summed E-state index contributed by atoms with van der Waals surface area (Å²) in [5, 5.41) is 8.85. The number of hydrogen-bond donors (Lipinski definition) is 1. The quantitative estimate of drug-likeness (QED) is 0.884. The van der Waals surface area contributed by atoms with Crippen LogP contribution in [-0.2, 0) is 0 Å². The molecule has 2 nitrogen and oxygen atoms in total. The van der Waals surface area contributed by atoms with Crippen LogP contribution in [0.1, 0.15) is 27.0 Å². The number of carboxylic acid groups (broad SMARTS) is 1. The van der Waals surface area contributed by atoms with E-state index >= 15 is 0 Å². The van der Waals surface area contributed by atoms with Gasteiger partial charge in [0.05, 0.1) is 5.56 Å². The van der Waals surface area contributed by atoms with Crippen LogP contribution in [0.15, 0.2) is 55.1 Å². The maximum atomic E-state index is 10.8. The van der Waals surface area contributed by atoms with E-state index < -0.39 is 5.97 Å². The number of rotatable bonds is 3. The Hall–Kier alpha value is -2.35. The molecule has 1 N–H and O–H groups in total. The lowest BCUT2D eigenvalue weighted by molar-refractivity contribution is 0.0697. The van der Waals surface area contributed by atoms with Gasteiger partial charge < -0.3 is 5.11 Å². The summed E-state index contributed by atoms with van der Waals surface area (Å²) in [5.41, 5.74) is 4.35. The fourth-order valence-corrected chi connectivity index (χ4v) is 1.81. The predicted octanol–water partition coefficient (Wildman–Crippen LogP) is 3.75. The molecule has 90 valence electrons. The molecule has 18 heavy (non-hydrogen) atoms. The van der Waals surface area contributed by atoms with Crippen LogP contribution >= 0.6 is 0 Å². The highest BCUT2D eigenvalue weighted by Crippen LogP contribution is 2.22. The number of aromatic carboxylic acids is 1. The zero-order valence-electron chi connectivity index (χ0n) is 10.2. The largest absolute Gasteiger partial charge is 0.478 e. The van der Waals surface area contributed by atoms with Gasteiger partial charge in [0.15, 0.2) is 0 Å². The van der Waals surface area contributed by atoms with Crippen molar-refractivity contribution >= 4 is 11.5 Å². The molecule has 2 aromatic rings. The third-order valence-electron chi connectivity index (χ3n) is 2.85. The molecular formula is C16H14O2. The zero-order valence-corrected chi connectivity index (χ0v) is 10.2. The van der Waals surface area contributed by atoms with E-state index in [0.29, 0.717) is 0 Å². The summed E-state index contributed by atoms with van der Waals surface area (Å²) in [6.07, 6.45) is 0. The van der Waals surface area contributed by atoms with Crippen molar-refractivity contribution in [1.29, 1.82) is 0 Å². The van der Waals surface area contributed by atoms with Gasteiger partial charge in [-0.2, -0.15) is 0 Å². The summed E-state index contributed by atoms with van der Waals surface area (Å²) in [5.74, 6) is -0.914. The topological polar surface area (TPSA) is 37.3 Å². The molecule has 0 unspecified atom stereocenters. The molecule has 0 atom stereocenters. The SMILES string of the molecule is C=C(c1ccc(C(=O)O)cc1)c1cccc(C)c1. The van der Waals surface area contributed by atoms with Gasteiger partial charge in [0.1, 0.15) is 0 Å². The second-order valence-electron chi connectivity index (χ2n) is 4.23. The van der Waals surface area contributed by atoms with Gasteiger partial charge in [-0.3, -0.25) is 0 Å². The van der Waals surface area contributed by atoms with E-state index in [1.807, 2.05) is 25.1 Å². The van der Waals surface area contributed by atoms with Crippen LogP contribution < -0.4 is 0 Å². The van der Waals surface area contributed by atoms with Gasteiger partial charge in [-0.05, 0) is 35.8 Å². The standard InChI is InChI=1S/C16H14O2/c1-11-4-3-5-15(10-11)12(2)13-6-8-14(9-7-13)16(17)18/h3-10H,2H2,1H3,(H,17,18). The van der Waals surface area contributed by atoms with Crippen LogP contribution in [-0.4, -0.2) is 11.1 Å². The minimum Gasteiger partial charge on any atom is -0.478 e. The Labute approximate surface area is 106 Å². The second kappa shape index (κ2) is 4.88. The fraction of sp³-hybridized carbons (Fsp3) is 0.0625. The molecule has 0 bridgehead atoms. The first-order chi connectivity index (χ1) is 8.58. The van der Waals surface area contributed by atoms with Crippen molar-refractivity contribution in [2.24, 2.45) is 0 Å². The second-order valence-corrected chi connectivity index (χ2v) is 4.23. The van der Waals surface area contributed by atoms with Crippen LogP contribution in [0, 0.1) is 6.92 Å². The van der Waals surface area contributed by atoms with Crippen LogP contribution in [0.3, 0.4) is 0 Å². The molecule has 0 aliphatic carbocycles. The van der Waals surface area contributed by atoms with Gasteiger partial charge in [0.25, 0.3) is 0 Å². The average molecular weight is 238 g/mol. The molecule has 0 aliphatic rings. The summed E-state index contributed by atoms with van der Waals surface area (Å²) in [4.78, 5) is 10.8. The lowest BCUT2D eigenvalue weighted by Gasteiger charge is -2.07. The number of carbonyl (C=O) groups is 1. The van der Waals surface area contributed by atoms with E-state index in [4.69, 9.17) is 5.11 Å². The highest BCUT2D eigenvalue weighted by molar-refractivity contribution is 5.88. The Kier molecular flexibility index (Phi) is 3.28. The highest BCUT2D eigenvalue weighted by Gasteiger charge is 2.05. The smallest absolute Gasteiger partial charge is 0.335 e. The third kappa shape index (κ3) is 2.48. The molecule has 0 fully saturated rings.